The largest absolute Gasteiger partial charge is 0.378 e. The van der Waals surface area contributed by atoms with Crippen molar-refractivity contribution in [3.8, 4) is 6.07 Å². The van der Waals surface area contributed by atoms with Gasteiger partial charge in [-0.1, -0.05) is 23.7 Å². The maximum atomic E-state index is 12.9. The lowest BCUT2D eigenvalue weighted by Crippen LogP contribution is -2.41. The summed E-state index contributed by atoms with van der Waals surface area (Å²) in [6.07, 6.45) is 0. The number of carbonyl (C=O) groups excluding carboxylic acids is 1. The number of aromatic nitrogens is 2. The van der Waals surface area contributed by atoms with E-state index in [1.165, 1.54) is 0 Å². The minimum atomic E-state index is -1.03. The van der Waals surface area contributed by atoms with Gasteiger partial charge in [0.2, 0.25) is 11.9 Å². The fraction of sp³-hybridized carbons (Fsp3) is 0.333. The molecule has 1 aromatic heterocycles. The number of nitrogens with one attached hydrogen (secondary N) is 2. The Balaban J connectivity index is 1.84. The second-order valence-electron chi connectivity index (χ2n) is 6.38. The summed E-state index contributed by atoms with van der Waals surface area (Å²) in [6, 6.07) is 8.78. The predicted octanol–water partition coefficient (Wildman–Crippen LogP) is 1.48. The molecule has 1 fully saturated rings. The zero-order valence-corrected chi connectivity index (χ0v) is 15.0. The maximum absolute atomic E-state index is 12.9. The van der Waals surface area contributed by atoms with Crippen molar-refractivity contribution in [1.82, 2.24) is 9.97 Å². The van der Waals surface area contributed by atoms with Gasteiger partial charge in [-0.25, -0.2) is 0 Å². The maximum Gasteiger partial charge on any atom is 0.258 e. The smallest absolute Gasteiger partial charge is 0.258 e. The van der Waals surface area contributed by atoms with Gasteiger partial charge >= 0.3 is 0 Å². The number of hydrogen-bond acceptors (Lipinski definition) is 6. The van der Waals surface area contributed by atoms with Gasteiger partial charge in [-0.2, -0.15) is 10.2 Å². The van der Waals surface area contributed by atoms with Gasteiger partial charge in [-0.05, 0) is 17.7 Å². The molecule has 9 heteroatoms. The van der Waals surface area contributed by atoms with Crippen LogP contribution in [0.3, 0.4) is 0 Å². The van der Waals surface area contributed by atoms with Crippen LogP contribution < -0.4 is 15.8 Å². The first kappa shape index (κ1) is 17.5. The molecule has 0 radical (unpaired) electrons. The summed E-state index contributed by atoms with van der Waals surface area (Å²) in [5.74, 6) is -1.65. The molecule has 2 aromatic rings. The Bertz CT molecular complexity index is 976. The third-order valence-electron chi connectivity index (χ3n) is 4.79. The molecule has 2 atom stereocenters. The van der Waals surface area contributed by atoms with Crippen LogP contribution in [0.25, 0.3) is 0 Å². The van der Waals surface area contributed by atoms with E-state index in [2.05, 4.69) is 15.3 Å². The Morgan fingerprint density at radius 3 is 2.59 bits per heavy atom. The van der Waals surface area contributed by atoms with Gasteiger partial charge in [-0.15, -0.1) is 0 Å². The number of nitrogens with zero attached hydrogens (tertiary/aromatic N) is 3. The summed E-state index contributed by atoms with van der Waals surface area (Å²) >= 11 is 5.95. The molecule has 0 aliphatic carbocycles. The molecule has 1 aromatic carbocycles. The van der Waals surface area contributed by atoms with Crippen molar-refractivity contribution in [3.05, 3.63) is 50.8 Å². The molecular formula is C18H16ClN5O3. The highest BCUT2D eigenvalue weighted by Crippen LogP contribution is 2.38. The summed E-state index contributed by atoms with van der Waals surface area (Å²) in [4.78, 5) is 34.5. The lowest BCUT2D eigenvalue weighted by Gasteiger charge is -2.31. The minimum absolute atomic E-state index is 0.191. The molecule has 0 saturated carbocycles. The first-order chi connectivity index (χ1) is 13.1. The average Bonchev–Trinajstić information content (AvgIpc) is 2.68. The number of aromatic amines is 1. The SMILES string of the molecule is N#C[C@@H]1C(=O)Nc2nc(N3CCOCC3)[nH]c(=O)c2[C@H]1c1ccc(Cl)cc1. The topological polar surface area (TPSA) is 111 Å². The van der Waals surface area contributed by atoms with Gasteiger partial charge in [0.25, 0.3) is 5.56 Å². The number of rotatable bonds is 2. The number of morpholine rings is 1. The summed E-state index contributed by atoms with van der Waals surface area (Å²) in [5.41, 5.74) is 0.565. The molecule has 0 unspecified atom stereocenters. The van der Waals surface area contributed by atoms with Crippen LogP contribution >= 0.6 is 11.6 Å². The van der Waals surface area contributed by atoms with Crippen LogP contribution in [0.15, 0.2) is 29.1 Å². The Morgan fingerprint density at radius 2 is 1.93 bits per heavy atom. The van der Waals surface area contributed by atoms with Crippen LogP contribution in [-0.2, 0) is 9.53 Å². The van der Waals surface area contributed by atoms with Crippen molar-refractivity contribution >= 4 is 29.3 Å². The standard InChI is InChI=1S/C18H16ClN5O3/c19-11-3-1-10(2-4-11)13-12(9-20)16(25)21-15-14(13)17(26)23-18(22-15)24-5-7-27-8-6-24/h1-4,12-13H,5-8H2,(H2,21,22,23,25,26)/t12-,13-/m0/s1. The highest BCUT2D eigenvalue weighted by Gasteiger charge is 2.40. The highest BCUT2D eigenvalue weighted by atomic mass is 35.5. The van der Waals surface area contributed by atoms with E-state index in [-0.39, 0.29) is 16.9 Å². The number of amides is 1. The van der Waals surface area contributed by atoms with Gasteiger partial charge in [0.15, 0.2) is 0 Å². The van der Waals surface area contributed by atoms with Crippen LogP contribution in [0.1, 0.15) is 17.0 Å². The molecule has 138 valence electrons. The quantitative estimate of drug-likeness (QED) is 0.810. The fourth-order valence-corrected chi connectivity index (χ4v) is 3.58. The van der Waals surface area contributed by atoms with Crippen LogP contribution in [0.5, 0.6) is 0 Å². The van der Waals surface area contributed by atoms with Gasteiger partial charge < -0.3 is 15.0 Å². The van der Waals surface area contributed by atoms with Crippen molar-refractivity contribution in [2.24, 2.45) is 5.92 Å². The van der Waals surface area contributed by atoms with Crippen molar-refractivity contribution < 1.29 is 9.53 Å². The van der Waals surface area contributed by atoms with Gasteiger partial charge in [0.1, 0.15) is 11.7 Å². The predicted molar refractivity (Wildman–Crippen MR) is 98.9 cm³/mol. The summed E-state index contributed by atoms with van der Waals surface area (Å²) in [5, 5.41) is 12.7. The molecule has 2 aliphatic rings. The number of carbonyl (C=O) groups is 1. The minimum Gasteiger partial charge on any atom is -0.378 e. The van der Waals surface area contributed by atoms with Crippen LogP contribution in [-0.4, -0.2) is 42.2 Å². The van der Waals surface area contributed by atoms with Gasteiger partial charge in [0.05, 0.1) is 24.8 Å². The lowest BCUT2D eigenvalue weighted by molar-refractivity contribution is -0.119. The molecule has 8 nitrogen and oxygen atoms in total. The number of H-pyrrole nitrogens is 1. The summed E-state index contributed by atoms with van der Waals surface area (Å²) in [6.45, 7) is 2.27. The second kappa shape index (κ2) is 7.02. The molecule has 27 heavy (non-hydrogen) atoms. The van der Waals surface area contributed by atoms with Crippen molar-refractivity contribution in [2.45, 2.75) is 5.92 Å². The Kier molecular flexibility index (Phi) is 4.56. The second-order valence-corrected chi connectivity index (χ2v) is 6.81. The number of hydrogen-bond donors (Lipinski definition) is 2. The highest BCUT2D eigenvalue weighted by molar-refractivity contribution is 6.30. The van der Waals surface area contributed by atoms with E-state index in [0.29, 0.717) is 42.8 Å². The number of anilines is 2. The number of ether oxygens (including phenoxy) is 1. The molecule has 2 N–H and O–H groups in total. The van der Waals surface area contributed by atoms with E-state index < -0.39 is 17.7 Å². The number of fused-ring (bicyclic) bond motifs is 1. The number of halogens is 1. The zero-order valence-electron chi connectivity index (χ0n) is 14.2. The van der Waals surface area contributed by atoms with Crippen molar-refractivity contribution in [2.75, 3.05) is 36.5 Å². The van der Waals surface area contributed by atoms with Crippen molar-refractivity contribution in [1.29, 1.82) is 5.26 Å². The van der Waals surface area contributed by atoms with E-state index in [9.17, 15) is 14.9 Å². The first-order valence-electron chi connectivity index (χ1n) is 8.51. The first-order valence-corrected chi connectivity index (χ1v) is 8.89. The normalized spacial score (nSPS) is 21.9. The number of nitriles is 1. The molecule has 1 saturated heterocycles. The number of benzene rings is 1. The zero-order chi connectivity index (χ0) is 19.0. The van der Waals surface area contributed by atoms with E-state index in [0.717, 1.165) is 0 Å². The Hall–Kier alpha value is -2.89. The molecule has 4 rings (SSSR count). The van der Waals surface area contributed by atoms with E-state index >= 15 is 0 Å². The Labute approximate surface area is 159 Å². The summed E-state index contributed by atoms with van der Waals surface area (Å²) in [7, 11) is 0. The third kappa shape index (κ3) is 3.16. The Morgan fingerprint density at radius 1 is 1.22 bits per heavy atom. The molecular weight excluding hydrogens is 370 g/mol. The lowest BCUT2D eigenvalue weighted by atomic mass is 9.79. The van der Waals surface area contributed by atoms with Crippen LogP contribution in [0, 0.1) is 17.2 Å². The molecule has 1 amide bonds. The van der Waals surface area contributed by atoms with E-state index in [1.54, 1.807) is 24.3 Å². The average molecular weight is 386 g/mol. The third-order valence-corrected chi connectivity index (χ3v) is 5.04. The van der Waals surface area contributed by atoms with Gasteiger partial charge in [0, 0.05) is 24.0 Å². The summed E-state index contributed by atoms with van der Waals surface area (Å²) < 4.78 is 5.32. The van der Waals surface area contributed by atoms with Crippen molar-refractivity contribution in [3.63, 3.8) is 0 Å². The molecule has 2 aliphatic heterocycles. The molecule has 0 spiro atoms. The molecule has 3 heterocycles. The van der Waals surface area contributed by atoms with Crippen LogP contribution in [0.4, 0.5) is 11.8 Å². The van der Waals surface area contributed by atoms with E-state index in [4.69, 9.17) is 16.3 Å². The molecule has 0 bridgehead atoms. The van der Waals surface area contributed by atoms with Crippen LogP contribution in [0.2, 0.25) is 5.02 Å². The van der Waals surface area contributed by atoms with Gasteiger partial charge in [-0.3, -0.25) is 14.6 Å². The fourth-order valence-electron chi connectivity index (χ4n) is 3.45. The van der Waals surface area contributed by atoms with E-state index in [1.807, 2.05) is 11.0 Å². The monoisotopic (exact) mass is 385 g/mol.